The maximum atomic E-state index is 13.1. The van der Waals surface area contributed by atoms with E-state index in [1.54, 1.807) is 0 Å². The maximum absolute atomic E-state index is 13.1. The van der Waals surface area contributed by atoms with E-state index in [-0.39, 0.29) is 12.8 Å². The van der Waals surface area contributed by atoms with Crippen LogP contribution >= 0.6 is 8.25 Å². The molecule has 2 unspecified atom stereocenters. The fraction of sp³-hybridized carbons (Fsp3) is 0.300. The van der Waals surface area contributed by atoms with E-state index in [2.05, 4.69) is 10.6 Å². The summed E-state index contributed by atoms with van der Waals surface area (Å²) in [6.45, 7) is 2.53. The molecule has 2 N–H and O–H groups in total. The van der Waals surface area contributed by atoms with Crippen LogP contribution in [0.3, 0.4) is 0 Å². The predicted octanol–water partition coefficient (Wildman–Crippen LogP) is 3.37. The first-order chi connectivity index (χ1) is 14.2. The Morgan fingerprint density at radius 3 is 1.43 bits per heavy atom. The predicted molar refractivity (Wildman–Crippen MR) is 105 cm³/mol. The van der Waals surface area contributed by atoms with Gasteiger partial charge in [-0.3, -0.25) is 9.59 Å². The highest BCUT2D eigenvalue weighted by molar-refractivity contribution is 7.33. The van der Waals surface area contributed by atoms with Gasteiger partial charge in [0.15, 0.2) is 12.5 Å². The second-order valence-corrected chi connectivity index (χ2v) is 7.34. The first-order valence-corrected chi connectivity index (χ1v) is 10.1. The van der Waals surface area contributed by atoms with Crippen LogP contribution in [0.4, 0.5) is 8.78 Å². The summed E-state index contributed by atoms with van der Waals surface area (Å²) in [5.41, 5.74) is 1.28. The molecule has 10 heteroatoms. The Balaban J connectivity index is 2.03. The molecule has 0 radical (unpaired) electrons. The zero-order valence-electron chi connectivity index (χ0n) is 16.4. The molecule has 2 aromatic rings. The number of hydrogen-bond acceptors (Lipinski definition) is 5. The van der Waals surface area contributed by atoms with Crippen LogP contribution in [0, 0.1) is 11.6 Å². The van der Waals surface area contributed by atoms with Crippen molar-refractivity contribution in [2.24, 2.45) is 0 Å². The molecule has 0 spiro atoms. The molecule has 0 bridgehead atoms. The first-order valence-electron chi connectivity index (χ1n) is 9.05. The Labute approximate surface area is 173 Å². The van der Waals surface area contributed by atoms with Crippen molar-refractivity contribution < 1.29 is 32.0 Å². The van der Waals surface area contributed by atoms with E-state index < -0.39 is 44.2 Å². The third-order valence-electron chi connectivity index (χ3n) is 3.82. The van der Waals surface area contributed by atoms with Crippen LogP contribution in [0.25, 0.3) is 0 Å². The Bertz CT molecular complexity index is 806. The molecule has 30 heavy (non-hydrogen) atoms. The number of hydrogen-bond donors (Lipinski definition) is 2. The smallest absolute Gasteiger partial charge is 0.327 e. The summed E-state index contributed by atoms with van der Waals surface area (Å²) in [5, 5.41) is 4.99. The average molecular weight is 439 g/mol. The first kappa shape index (κ1) is 23.5. The highest BCUT2D eigenvalue weighted by Crippen LogP contribution is 2.29. The van der Waals surface area contributed by atoms with E-state index in [1.165, 1.54) is 62.4 Å². The third-order valence-corrected chi connectivity index (χ3v) is 4.68. The molecular weight excluding hydrogens is 417 g/mol. The van der Waals surface area contributed by atoms with Gasteiger partial charge in [0.2, 0.25) is 11.8 Å². The number of carbonyl (C=O) groups is 2. The number of halogens is 2. The molecule has 2 amide bonds. The lowest BCUT2D eigenvalue weighted by molar-refractivity contribution is -0.121. The summed E-state index contributed by atoms with van der Waals surface area (Å²) in [7, 11) is -2.75. The van der Waals surface area contributed by atoms with Crippen molar-refractivity contribution in [3.8, 4) is 0 Å². The molecule has 0 aromatic heterocycles. The van der Waals surface area contributed by atoms with Crippen molar-refractivity contribution in [2.75, 3.05) is 0 Å². The van der Waals surface area contributed by atoms with Crippen LogP contribution in [0.1, 0.15) is 25.0 Å². The minimum atomic E-state index is -2.75. The van der Waals surface area contributed by atoms with Crippen LogP contribution in [-0.2, 0) is 36.0 Å². The van der Waals surface area contributed by atoms with E-state index in [9.17, 15) is 22.9 Å². The summed E-state index contributed by atoms with van der Waals surface area (Å²) in [6, 6.07) is 11.1. The number of carbonyl (C=O) groups excluding carboxylic acids is 2. The molecule has 0 fully saturated rings. The normalized spacial score (nSPS) is 13.3. The van der Waals surface area contributed by atoms with Crippen LogP contribution in [0.15, 0.2) is 48.5 Å². The zero-order valence-corrected chi connectivity index (χ0v) is 17.3. The number of benzene rings is 2. The molecule has 0 aliphatic rings. The lowest BCUT2D eigenvalue weighted by atomic mass is 10.1. The van der Waals surface area contributed by atoms with Gasteiger partial charge in [-0.05, 0) is 35.4 Å². The Hall–Kier alpha value is -2.74. The van der Waals surface area contributed by atoms with Gasteiger partial charge in [-0.2, -0.15) is 0 Å². The van der Waals surface area contributed by atoms with Crippen LogP contribution in [0.2, 0.25) is 0 Å². The second-order valence-electron chi connectivity index (χ2n) is 6.47. The molecule has 0 heterocycles. The molecule has 0 aliphatic heterocycles. The van der Waals surface area contributed by atoms with Gasteiger partial charge in [0.25, 0.3) is 0 Å². The monoisotopic (exact) mass is 439 g/mol. The SMILES string of the molecule is CC(=O)NC(Cc1ccc(F)cc1)O[P+](=O)OC(Cc1ccc(F)cc1)NC(C)=O. The summed E-state index contributed by atoms with van der Waals surface area (Å²) in [5.74, 6) is -1.67. The highest BCUT2D eigenvalue weighted by Gasteiger charge is 2.33. The van der Waals surface area contributed by atoms with Gasteiger partial charge in [0, 0.05) is 31.3 Å². The second kappa shape index (κ2) is 11.4. The topological polar surface area (TPSA) is 93.7 Å². The quantitative estimate of drug-likeness (QED) is 0.437. The molecule has 0 aliphatic carbocycles. The number of nitrogens with one attached hydrogen (secondary N) is 2. The Morgan fingerprint density at radius 1 is 0.800 bits per heavy atom. The average Bonchev–Trinajstić information content (AvgIpc) is 2.64. The van der Waals surface area contributed by atoms with E-state index in [0.717, 1.165) is 0 Å². The molecule has 160 valence electrons. The van der Waals surface area contributed by atoms with Crippen LogP contribution < -0.4 is 10.6 Å². The summed E-state index contributed by atoms with van der Waals surface area (Å²) in [6.07, 6.45) is -1.76. The Kier molecular flexibility index (Phi) is 8.98. The van der Waals surface area contributed by atoms with Crippen molar-refractivity contribution in [3.63, 3.8) is 0 Å². The largest absolute Gasteiger partial charge is 0.701 e. The van der Waals surface area contributed by atoms with E-state index >= 15 is 0 Å². The minimum absolute atomic E-state index is 0.118. The van der Waals surface area contributed by atoms with Gasteiger partial charge < -0.3 is 10.6 Å². The van der Waals surface area contributed by atoms with E-state index in [1.807, 2.05) is 0 Å². The van der Waals surface area contributed by atoms with E-state index in [4.69, 9.17) is 9.05 Å². The molecule has 2 aromatic carbocycles. The molecule has 2 rings (SSSR count). The maximum Gasteiger partial charge on any atom is 0.701 e. The minimum Gasteiger partial charge on any atom is -0.327 e. The summed E-state index contributed by atoms with van der Waals surface area (Å²) >= 11 is 0. The van der Waals surface area contributed by atoms with Crippen molar-refractivity contribution in [1.29, 1.82) is 0 Å². The molecule has 0 saturated carbocycles. The van der Waals surface area contributed by atoms with Gasteiger partial charge in [-0.15, -0.1) is 0 Å². The highest BCUT2D eigenvalue weighted by atomic mass is 31.1. The van der Waals surface area contributed by atoms with Gasteiger partial charge in [0.1, 0.15) is 11.6 Å². The summed E-state index contributed by atoms with van der Waals surface area (Å²) < 4.78 is 49.2. The molecule has 7 nitrogen and oxygen atoms in total. The van der Waals surface area contributed by atoms with Crippen molar-refractivity contribution in [2.45, 2.75) is 39.1 Å². The lowest BCUT2D eigenvalue weighted by Gasteiger charge is -2.14. The van der Waals surface area contributed by atoms with Gasteiger partial charge in [-0.25, -0.2) is 8.78 Å². The van der Waals surface area contributed by atoms with Gasteiger partial charge in [0.05, 0.1) is 0 Å². The van der Waals surface area contributed by atoms with E-state index in [0.29, 0.717) is 11.1 Å². The Morgan fingerprint density at radius 2 is 1.13 bits per heavy atom. The molecule has 2 atom stereocenters. The number of rotatable bonds is 10. The van der Waals surface area contributed by atoms with Gasteiger partial charge in [-0.1, -0.05) is 33.3 Å². The fourth-order valence-corrected chi connectivity index (χ4v) is 3.30. The third kappa shape index (κ3) is 8.73. The summed E-state index contributed by atoms with van der Waals surface area (Å²) in [4.78, 5) is 22.9. The lowest BCUT2D eigenvalue weighted by Crippen LogP contribution is -2.38. The molecule has 0 saturated heterocycles. The number of amides is 2. The standard InChI is InChI=1S/C20H21F2N2O5P/c1-13(25)23-19(11-15-3-7-17(21)8-4-15)28-30(27)29-20(24-14(2)26)12-16-5-9-18(22)10-6-16/h3-10,19-20H,11-12H2,1-2H3,(H-,23,24,25,26)/p+1. The van der Waals surface area contributed by atoms with Gasteiger partial charge >= 0.3 is 8.25 Å². The van der Waals surface area contributed by atoms with Crippen molar-refractivity contribution in [3.05, 3.63) is 71.3 Å². The molecular formula is C20H22F2N2O5P+. The van der Waals surface area contributed by atoms with Crippen LogP contribution in [0.5, 0.6) is 0 Å². The van der Waals surface area contributed by atoms with Crippen LogP contribution in [-0.4, -0.2) is 24.3 Å². The van der Waals surface area contributed by atoms with Crippen molar-refractivity contribution in [1.82, 2.24) is 10.6 Å². The fourth-order valence-electron chi connectivity index (χ4n) is 2.58. The zero-order chi connectivity index (χ0) is 22.1. The van der Waals surface area contributed by atoms with Crippen molar-refractivity contribution >= 4 is 20.1 Å².